The lowest BCUT2D eigenvalue weighted by Crippen LogP contribution is -2.36. The lowest BCUT2D eigenvalue weighted by molar-refractivity contribution is -0.0643. The number of aliphatic hydroxyl groups excluding tert-OH is 1. The zero-order valence-corrected chi connectivity index (χ0v) is 20.6. The minimum absolute atomic E-state index is 0.0772. The summed E-state index contributed by atoms with van der Waals surface area (Å²) in [7, 11) is -3.66. The van der Waals surface area contributed by atoms with Crippen LogP contribution in [0.3, 0.4) is 0 Å². The fourth-order valence-corrected chi connectivity index (χ4v) is 7.36. The topological polar surface area (TPSA) is 82.1 Å². The summed E-state index contributed by atoms with van der Waals surface area (Å²) in [5.74, 6) is 1.53. The SMILES string of the molecule is CCc1ccc(C2CC(O)CC(S(=O)(=O)c3cccs3)O2)cc1Cc1ccc2c(c1)OCCO2. The molecule has 0 bridgehead atoms. The molecular formula is C26H28O6S2. The second-order valence-corrected chi connectivity index (χ2v) is 12.0. The van der Waals surface area contributed by atoms with Gasteiger partial charge in [-0.25, -0.2) is 8.42 Å². The molecule has 5 rings (SSSR count). The second-order valence-electron chi connectivity index (χ2n) is 8.69. The fraction of sp³-hybridized carbons (Fsp3) is 0.385. The maximum Gasteiger partial charge on any atom is 0.214 e. The van der Waals surface area contributed by atoms with E-state index in [0.717, 1.165) is 34.6 Å². The molecule has 0 amide bonds. The summed E-state index contributed by atoms with van der Waals surface area (Å²) in [6.07, 6.45) is 0.793. The van der Waals surface area contributed by atoms with Crippen LogP contribution in [0.5, 0.6) is 11.5 Å². The Morgan fingerprint density at radius 3 is 2.59 bits per heavy atom. The fourth-order valence-electron chi connectivity index (χ4n) is 4.60. The Morgan fingerprint density at radius 2 is 1.82 bits per heavy atom. The Kier molecular flexibility index (Phi) is 6.66. The number of fused-ring (bicyclic) bond motifs is 1. The van der Waals surface area contributed by atoms with Crippen LogP contribution in [0.25, 0.3) is 0 Å². The van der Waals surface area contributed by atoms with Crippen molar-refractivity contribution in [1.29, 1.82) is 0 Å². The van der Waals surface area contributed by atoms with Crippen LogP contribution in [0.4, 0.5) is 0 Å². The van der Waals surface area contributed by atoms with Gasteiger partial charge in [-0.05, 0) is 58.7 Å². The Morgan fingerprint density at radius 1 is 1.00 bits per heavy atom. The first-order valence-corrected chi connectivity index (χ1v) is 14.0. The molecule has 8 heteroatoms. The van der Waals surface area contributed by atoms with Gasteiger partial charge >= 0.3 is 0 Å². The molecule has 2 aromatic carbocycles. The van der Waals surface area contributed by atoms with E-state index in [4.69, 9.17) is 14.2 Å². The Labute approximate surface area is 204 Å². The minimum atomic E-state index is -3.66. The summed E-state index contributed by atoms with van der Waals surface area (Å²) in [6, 6.07) is 15.5. The average molecular weight is 501 g/mol. The third-order valence-electron chi connectivity index (χ3n) is 6.37. The third kappa shape index (κ3) is 4.73. The number of benzene rings is 2. The number of sulfone groups is 1. The number of aliphatic hydroxyl groups is 1. The van der Waals surface area contributed by atoms with Crippen LogP contribution >= 0.6 is 11.3 Å². The summed E-state index contributed by atoms with van der Waals surface area (Å²) in [5.41, 5.74) is 3.30. The first-order chi connectivity index (χ1) is 16.4. The van der Waals surface area contributed by atoms with Crippen LogP contribution in [0.15, 0.2) is 58.1 Å². The number of thiophene rings is 1. The van der Waals surface area contributed by atoms with Gasteiger partial charge < -0.3 is 19.3 Å². The van der Waals surface area contributed by atoms with Gasteiger partial charge in [-0.1, -0.05) is 37.3 Å². The van der Waals surface area contributed by atoms with Crippen molar-refractivity contribution in [2.24, 2.45) is 0 Å². The van der Waals surface area contributed by atoms with Crippen molar-refractivity contribution in [3.63, 3.8) is 0 Å². The summed E-state index contributed by atoms with van der Waals surface area (Å²) in [5, 5.41) is 12.3. The molecule has 2 aliphatic heterocycles. The second kappa shape index (κ2) is 9.70. The summed E-state index contributed by atoms with van der Waals surface area (Å²) in [4.78, 5) is 0. The molecule has 6 nitrogen and oxygen atoms in total. The molecule has 1 N–H and O–H groups in total. The summed E-state index contributed by atoms with van der Waals surface area (Å²) >= 11 is 1.17. The number of aryl methyl sites for hydroxylation is 1. The van der Waals surface area contributed by atoms with E-state index in [-0.39, 0.29) is 10.6 Å². The molecule has 180 valence electrons. The molecule has 0 radical (unpaired) electrons. The van der Waals surface area contributed by atoms with Gasteiger partial charge in [-0.15, -0.1) is 11.3 Å². The van der Waals surface area contributed by atoms with Crippen LogP contribution in [-0.4, -0.2) is 38.3 Å². The molecule has 0 aliphatic carbocycles. The van der Waals surface area contributed by atoms with Gasteiger partial charge in [-0.2, -0.15) is 0 Å². The molecule has 0 saturated carbocycles. The van der Waals surface area contributed by atoms with Crippen molar-refractivity contribution in [1.82, 2.24) is 0 Å². The quantitative estimate of drug-likeness (QED) is 0.529. The van der Waals surface area contributed by atoms with Gasteiger partial charge in [0.15, 0.2) is 16.9 Å². The lowest BCUT2D eigenvalue weighted by Gasteiger charge is -2.33. The first-order valence-electron chi connectivity index (χ1n) is 11.5. The van der Waals surface area contributed by atoms with Crippen molar-refractivity contribution in [2.75, 3.05) is 13.2 Å². The highest BCUT2D eigenvalue weighted by molar-refractivity contribution is 7.93. The molecule has 0 spiro atoms. The zero-order chi connectivity index (χ0) is 23.7. The maximum absolute atomic E-state index is 13.0. The molecule has 1 fully saturated rings. The highest BCUT2D eigenvalue weighted by Crippen LogP contribution is 2.38. The number of rotatable bonds is 6. The van der Waals surface area contributed by atoms with Crippen LogP contribution in [0.2, 0.25) is 0 Å². The first kappa shape index (κ1) is 23.4. The summed E-state index contributed by atoms with van der Waals surface area (Å²) in [6.45, 7) is 3.22. The predicted molar refractivity (Wildman–Crippen MR) is 130 cm³/mol. The standard InChI is InChI=1S/C26H28O6S2/c1-2-18-6-7-19(14-20(18)12-17-5-8-22-24(13-17)31-10-9-30-22)23-15-21(27)16-25(32-23)34(28,29)26-4-3-11-33-26/h3-8,11,13-14,21,23,25,27H,2,9-10,12,15-16H2,1H3. The molecule has 2 aliphatic rings. The molecule has 1 saturated heterocycles. The molecule has 1 aromatic heterocycles. The third-order valence-corrected chi connectivity index (χ3v) is 9.71. The van der Waals surface area contributed by atoms with Gasteiger partial charge in [0.2, 0.25) is 9.84 Å². The van der Waals surface area contributed by atoms with E-state index in [0.29, 0.717) is 26.1 Å². The molecule has 3 aromatic rings. The molecular weight excluding hydrogens is 472 g/mol. The van der Waals surface area contributed by atoms with Crippen LogP contribution in [-0.2, 0) is 27.4 Å². The van der Waals surface area contributed by atoms with Crippen LogP contribution in [0, 0.1) is 0 Å². The predicted octanol–water partition coefficient (Wildman–Crippen LogP) is 4.68. The van der Waals surface area contributed by atoms with Crippen molar-refractivity contribution in [2.45, 2.75) is 54.5 Å². The molecule has 3 heterocycles. The van der Waals surface area contributed by atoms with Gasteiger partial charge in [0.25, 0.3) is 0 Å². The van der Waals surface area contributed by atoms with E-state index in [9.17, 15) is 13.5 Å². The van der Waals surface area contributed by atoms with Gasteiger partial charge in [-0.3, -0.25) is 0 Å². The van der Waals surface area contributed by atoms with E-state index in [1.54, 1.807) is 17.5 Å². The summed E-state index contributed by atoms with van der Waals surface area (Å²) < 4.78 is 43.8. The Hall–Kier alpha value is -2.39. The highest BCUT2D eigenvalue weighted by atomic mass is 32.2. The number of ether oxygens (including phenoxy) is 3. The number of hydrogen-bond donors (Lipinski definition) is 1. The zero-order valence-electron chi connectivity index (χ0n) is 19.0. The van der Waals surface area contributed by atoms with Crippen molar-refractivity contribution >= 4 is 21.2 Å². The molecule has 3 unspecified atom stereocenters. The Balaban J connectivity index is 1.41. The van der Waals surface area contributed by atoms with Crippen molar-refractivity contribution < 1.29 is 27.7 Å². The van der Waals surface area contributed by atoms with E-state index >= 15 is 0 Å². The van der Waals surface area contributed by atoms with Crippen molar-refractivity contribution in [3.05, 3.63) is 76.2 Å². The highest BCUT2D eigenvalue weighted by Gasteiger charge is 2.38. The van der Waals surface area contributed by atoms with E-state index in [1.165, 1.54) is 16.9 Å². The van der Waals surface area contributed by atoms with Crippen molar-refractivity contribution in [3.8, 4) is 11.5 Å². The molecule has 3 atom stereocenters. The monoisotopic (exact) mass is 500 g/mol. The normalized spacial score (nSPS) is 22.5. The maximum atomic E-state index is 13.0. The van der Waals surface area contributed by atoms with E-state index < -0.39 is 27.5 Å². The van der Waals surface area contributed by atoms with Gasteiger partial charge in [0.1, 0.15) is 17.4 Å². The largest absolute Gasteiger partial charge is 0.486 e. The van der Waals surface area contributed by atoms with E-state index in [2.05, 4.69) is 19.1 Å². The van der Waals surface area contributed by atoms with Gasteiger partial charge in [0.05, 0.1) is 12.2 Å². The minimum Gasteiger partial charge on any atom is -0.486 e. The smallest absolute Gasteiger partial charge is 0.214 e. The van der Waals surface area contributed by atoms with Crippen LogP contribution in [0.1, 0.15) is 48.1 Å². The van der Waals surface area contributed by atoms with Gasteiger partial charge in [0, 0.05) is 12.8 Å². The average Bonchev–Trinajstić information content (AvgIpc) is 3.40. The Bertz CT molecular complexity index is 1250. The lowest BCUT2D eigenvalue weighted by atomic mass is 9.92. The number of hydrogen-bond acceptors (Lipinski definition) is 7. The van der Waals surface area contributed by atoms with Crippen LogP contribution < -0.4 is 9.47 Å². The molecule has 34 heavy (non-hydrogen) atoms. The van der Waals surface area contributed by atoms with E-state index in [1.807, 2.05) is 24.3 Å².